The molecule has 1 aromatic heterocycles. The van der Waals surface area contributed by atoms with E-state index in [0.717, 1.165) is 0 Å². The molecule has 0 saturated heterocycles. The average molecular weight is 222 g/mol. The van der Waals surface area contributed by atoms with Gasteiger partial charge in [-0.05, 0) is 25.8 Å². The Morgan fingerprint density at radius 2 is 2.13 bits per heavy atom. The molecule has 15 heavy (non-hydrogen) atoms. The summed E-state index contributed by atoms with van der Waals surface area (Å²) in [4.78, 5) is 0. The number of aliphatic hydroxyl groups excluding tert-OH is 1. The van der Waals surface area contributed by atoms with E-state index in [-0.39, 0.29) is 12.8 Å². The van der Waals surface area contributed by atoms with E-state index in [2.05, 4.69) is 0 Å². The van der Waals surface area contributed by atoms with Crippen LogP contribution >= 0.6 is 0 Å². The first-order chi connectivity index (χ1) is 6.88. The van der Waals surface area contributed by atoms with Crippen LogP contribution in [0.3, 0.4) is 0 Å². The number of rotatable bonds is 4. The minimum atomic E-state index is -4.15. The van der Waals surface area contributed by atoms with Crippen molar-refractivity contribution in [3.05, 3.63) is 23.7 Å². The van der Waals surface area contributed by atoms with Gasteiger partial charge < -0.3 is 9.52 Å². The quantitative estimate of drug-likeness (QED) is 0.847. The predicted octanol–water partition coefficient (Wildman–Crippen LogP) is 3.35. The van der Waals surface area contributed by atoms with Crippen LogP contribution in [0, 0.1) is 6.92 Å². The molecule has 1 aromatic rings. The molecule has 0 aliphatic carbocycles. The van der Waals surface area contributed by atoms with Gasteiger partial charge in [-0.25, -0.2) is 0 Å². The van der Waals surface area contributed by atoms with E-state index in [0.29, 0.717) is 11.3 Å². The lowest BCUT2D eigenvalue weighted by Crippen LogP contribution is -2.07. The standard InChI is InChI=1S/C10H13F3O2/c1-7-5-8(6-15-7)9(14)3-2-4-10(11,12)13/h5-6,9,14H,2-4H2,1H3. The molecule has 0 aliphatic rings. The Bertz CT molecular complexity index is 304. The van der Waals surface area contributed by atoms with Gasteiger partial charge in [0.1, 0.15) is 5.76 Å². The zero-order valence-electron chi connectivity index (χ0n) is 8.34. The van der Waals surface area contributed by atoms with Gasteiger partial charge in [0.15, 0.2) is 0 Å². The number of halogens is 3. The monoisotopic (exact) mass is 222 g/mol. The largest absolute Gasteiger partial charge is 0.469 e. The molecule has 1 heterocycles. The van der Waals surface area contributed by atoms with E-state index in [1.54, 1.807) is 13.0 Å². The molecule has 2 nitrogen and oxygen atoms in total. The molecule has 86 valence electrons. The van der Waals surface area contributed by atoms with Crippen LogP contribution < -0.4 is 0 Å². The fraction of sp³-hybridized carbons (Fsp3) is 0.600. The third kappa shape index (κ3) is 4.38. The highest BCUT2D eigenvalue weighted by atomic mass is 19.4. The summed E-state index contributed by atoms with van der Waals surface area (Å²) in [6, 6.07) is 1.62. The minimum absolute atomic E-state index is 0.0745. The normalized spacial score (nSPS) is 14.2. The maximum Gasteiger partial charge on any atom is 0.389 e. The summed E-state index contributed by atoms with van der Waals surface area (Å²) < 4.78 is 40.4. The van der Waals surface area contributed by atoms with Crippen molar-refractivity contribution in [2.24, 2.45) is 0 Å². The molecule has 0 fully saturated rings. The fourth-order valence-corrected chi connectivity index (χ4v) is 1.30. The molecule has 0 aliphatic heterocycles. The van der Waals surface area contributed by atoms with Gasteiger partial charge >= 0.3 is 6.18 Å². The number of aryl methyl sites for hydroxylation is 1. The molecule has 0 radical (unpaired) electrons. The molecule has 1 unspecified atom stereocenters. The second kappa shape index (κ2) is 4.70. The lowest BCUT2D eigenvalue weighted by atomic mass is 10.1. The lowest BCUT2D eigenvalue weighted by molar-refractivity contribution is -0.136. The Balaban J connectivity index is 2.34. The Morgan fingerprint density at radius 1 is 1.47 bits per heavy atom. The summed E-state index contributed by atoms with van der Waals surface area (Å²) in [7, 11) is 0. The van der Waals surface area contributed by atoms with E-state index < -0.39 is 18.7 Å². The number of furan rings is 1. The van der Waals surface area contributed by atoms with Gasteiger partial charge in [0.25, 0.3) is 0 Å². The van der Waals surface area contributed by atoms with Crippen molar-refractivity contribution in [2.75, 3.05) is 0 Å². The summed E-state index contributed by atoms with van der Waals surface area (Å²) >= 11 is 0. The highest BCUT2D eigenvalue weighted by molar-refractivity contribution is 5.14. The van der Waals surface area contributed by atoms with Crippen LogP contribution in [0.4, 0.5) is 13.2 Å². The summed E-state index contributed by atoms with van der Waals surface area (Å²) in [5.41, 5.74) is 0.537. The van der Waals surface area contributed by atoms with E-state index in [1.807, 2.05) is 0 Å². The molecule has 5 heteroatoms. The highest BCUT2D eigenvalue weighted by Crippen LogP contribution is 2.26. The highest BCUT2D eigenvalue weighted by Gasteiger charge is 2.26. The zero-order valence-corrected chi connectivity index (χ0v) is 8.34. The van der Waals surface area contributed by atoms with Gasteiger partial charge in [-0.3, -0.25) is 0 Å². The van der Waals surface area contributed by atoms with Crippen molar-refractivity contribution in [3.8, 4) is 0 Å². The van der Waals surface area contributed by atoms with E-state index in [9.17, 15) is 18.3 Å². The van der Waals surface area contributed by atoms with E-state index in [4.69, 9.17) is 4.42 Å². The molecule has 0 amide bonds. The predicted molar refractivity (Wildman–Crippen MR) is 48.3 cm³/mol. The SMILES string of the molecule is Cc1cc(C(O)CCCC(F)(F)F)co1. The smallest absolute Gasteiger partial charge is 0.389 e. The van der Waals surface area contributed by atoms with Gasteiger partial charge in [-0.1, -0.05) is 0 Å². The Labute approximate surface area is 85.7 Å². The third-order valence-corrected chi connectivity index (χ3v) is 2.07. The second-order valence-corrected chi connectivity index (χ2v) is 3.51. The first kappa shape index (κ1) is 12.1. The van der Waals surface area contributed by atoms with Crippen LogP contribution in [-0.4, -0.2) is 11.3 Å². The van der Waals surface area contributed by atoms with Crippen LogP contribution in [-0.2, 0) is 0 Å². The van der Waals surface area contributed by atoms with Crippen molar-refractivity contribution < 1.29 is 22.7 Å². The molecular weight excluding hydrogens is 209 g/mol. The first-order valence-electron chi connectivity index (χ1n) is 4.68. The number of hydrogen-bond donors (Lipinski definition) is 1. The van der Waals surface area contributed by atoms with Crippen LogP contribution in [0.25, 0.3) is 0 Å². The lowest BCUT2D eigenvalue weighted by Gasteiger charge is -2.09. The minimum Gasteiger partial charge on any atom is -0.469 e. The van der Waals surface area contributed by atoms with Crippen molar-refractivity contribution in [3.63, 3.8) is 0 Å². The van der Waals surface area contributed by atoms with Gasteiger partial charge in [-0.15, -0.1) is 0 Å². The third-order valence-electron chi connectivity index (χ3n) is 2.07. The van der Waals surface area contributed by atoms with Crippen molar-refractivity contribution >= 4 is 0 Å². The van der Waals surface area contributed by atoms with Crippen LogP contribution in [0.5, 0.6) is 0 Å². The van der Waals surface area contributed by atoms with Gasteiger partial charge in [0.05, 0.1) is 12.4 Å². The summed E-state index contributed by atoms with van der Waals surface area (Å²) in [5, 5.41) is 9.50. The molecule has 1 atom stereocenters. The van der Waals surface area contributed by atoms with Crippen molar-refractivity contribution in [1.82, 2.24) is 0 Å². The van der Waals surface area contributed by atoms with Crippen molar-refractivity contribution in [2.45, 2.75) is 38.5 Å². The van der Waals surface area contributed by atoms with Crippen molar-refractivity contribution in [1.29, 1.82) is 0 Å². The summed E-state index contributed by atoms with van der Waals surface area (Å²) in [5.74, 6) is 0.639. The molecule has 0 bridgehead atoms. The molecule has 1 N–H and O–H groups in total. The molecule has 0 spiro atoms. The van der Waals surface area contributed by atoms with Gasteiger partial charge in [-0.2, -0.15) is 13.2 Å². The molecule has 1 rings (SSSR count). The zero-order chi connectivity index (χ0) is 11.5. The number of aliphatic hydroxyl groups is 1. The van der Waals surface area contributed by atoms with E-state index >= 15 is 0 Å². The number of hydrogen-bond acceptors (Lipinski definition) is 2. The topological polar surface area (TPSA) is 33.4 Å². The maximum atomic E-state index is 11.8. The van der Waals surface area contributed by atoms with Crippen LogP contribution in [0.1, 0.15) is 36.7 Å². The Hall–Kier alpha value is -0.970. The molecule has 0 aromatic carbocycles. The van der Waals surface area contributed by atoms with E-state index in [1.165, 1.54) is 6.26 Å². The Kier molecular flexibility index (Phi) is 3.79. The second-order valence-electron chi connectivity index (χ2n) is 3.51. The van der Waals surface area contributed by atoms with Gasteiger partial charge in [0.2, 0.25) is 0 Å². The Morgan fingerprint density at radius 3 is 2.60 bits per heavy atom. The fourth-order valence-electron chi connectivity index (χ4n) is 1.30. The average Bonchev–Trinajstić information content (AvgIpc) is 2.49. The number of alkyl halides is 3. The maximum absolute atomic E-state index is 11.8. The first-order valence-corrected chi connectivity index (χ1v) is 4.68. The summed E-state index contributed by atoms with van der Waals surface area (Å²) in [6.07, 6.45) is -4.49. The summed E-state index contributed by atoms with van der Waals surface area (Å²) in [6.45, 7) is 1.71. The van der Waals surface area contributed by atoms with Crippen LogP contribution in [0.15, 0.2) is 16.7 Å². The molecular formula is C10H13F3O2. The van der Waals surface area contributed by atoms with Crippen LogP contribution in [0.2, 0.25) is 0 Å². The molecule has 0 saturated carbocycles. The van der Waals surface area contributed by atoms with Gasteiger partial charge in [0, 0.05) is 12.0 Å².